The Bertz CT molecular complexity index is 380. The van der Waals surface area contributed by atoms with Gasteiger partial charge in [-0.2, -0.15) is 0 Å². The topological polar surface area (TPSA) is 102 Å². The average Bonchev–Trinajstić information content (AvgIpc) is 2.28. The summed E-state index contributed by atoms with van der Waals surface area (Å²) in [5.41, 5.74) is 6.03. The van der Waals surface area contributed by atoms with E-state index < -0.39 is 5.97 Å². The molecular weight excluding hydrogens is 226 g/mol. The predicted molar refractivity (Wildman–Crippen MR) is 61.2 cm³/mol. The number of carboxylic acid groups (broad SMARTS) is 1. The molecule has 1 aromatic carbocycles. The highest BCUT2D eigenvalue weighted by Crippen LogP contribution is 2.21. The third kappa shape index (κ3) is 4.29. The number of ether oxygens (including phenoxy) is 2. The Hall–Kier alpha value is -1.79. The van der Waals surface area contributed by atoms with E-state index in [1.54, 1.807) is 0 Å². The number of carboxylic acids is 1. The van der Waals surface area contributed by atoms with Crippen LogP contribution in [0.4, 0.5) is 5.69 Å². The van der Waals surface area contributed by atoms with Crippen molar-refractivity contribution in [2.24, 2.45) is 0 Å². The van der Waals surface area contributed by atoms with Crippen LogP contribution in [0.15, 0.2) is 18.2 Å². The molecule has 0 aliphatic carbocycles. The van der Waals surface area contributed by atoms with Gasteiger partial charge in [0.25, 0.3) is 0 Å². The molecule has 17 heavy (non-hydrogen) atoms. The summed E-state index contributed by atoms with van der Waals surface area (Å²) in [6, 6.07) is 4.34. The fourth-order valence-corrected chi connectivity index (χ4v) is 1.21. The highest BCUT2D eigenvalue weighted by atomic mass is 16.5. The molecule has 0 amide bonds. The number of aromatic carboxylic acids is 1. The molecule has 0 atom stereocenters. The van der Waals surface area contributed by atoms with Gasteiger partial charge < -0.3 is 25.4 Å². The van der Waals surface area contributed by atoms with Gasteiger partial charge in [0.1, 0.15) is 17.9 Å². The van der Waals surface area contributed by atoms with Gasteiger partial charge in [0.05, 0.1) is 19.8 Å². The van der Waals surface area contributed by atoms with Crippen molar-refractivity contribution >= 4 is 11.7 Å². The van der Waals surface area contributed by atoms with Crippen LogP contribution in [0, 0.1) is 0 Å². The third-order valence-electron chi connectivity index (χ3n) is 1.96. The standard InChI is InChI=1S/C11H15NO5/c12-8-1-2-9(11(14)15)10(7-8)17-6-5-16-4-3-13/h1-2,7,13H,3-6,12H2,(H,14,15). The summed E-state index contributed by atoms with van der Waals surface area (Å²) in [6.07, 6.45) is 0. The SMILES string of the molecule is Nc1ccc(C(=O)O)c(OCCOCCO)c1. The van der Waals surface area contributed by atoms with Crippen molar-refractivity contribution in [3.63, 3.8) is 0 Å². The lowest BCUT2D eigenvalue weighted by Gasteiger charge is -2.09. The monoisotopic (exact) mass is 241 g/mol. The minimum absolute atomic E-state index is 0.0568. The van der Waals surface area contributed by atoms with E-state index in [1.807, 2.05) is 0 Å². The number of aliphatic hydroxyl groups excluding tert-OH is 1. The summed E-state index contributed by atoms with van der Waals surface area (Å²) in [7, 11) is 0. The molecule has 4 N–H and O–H groups in total. The lowest BCUT2D eigenvalue weighted by Crippen LogP contribution is -2.11. The minimum Gasteiger partial charge on any atom is -0.490 e. The number of carbonyl (C=O) groups is 1. The van der Waals surface area contributed by atoms with Crippen molar-refractivity contribution in [2.45, 2.75) is 0 Å². The number of nitrogen functional groups attached to an aromatic ring is 1. The molecule has 0 radical (unpaired) electrons. The summed E-state index contributed by atoms with van der Waals surface area (Å²) in [5.74, 6) is -0.860. The predicted octanol–water partition coefficient (Wildman–Crippen LogP) is 0.355. The molecule has 0 bridgehead atoms. The van der Waals surface area contributed by atoms with Crippen molar-refractivity contribution in [3.05, 3.63) is 23.8 Å². The Labute approximate surface area is 98.6 Å². The van der Waals surface area contributed by atoms with Gasteiger partial charge in [0.2, 0.25) is 0 Å². The molecule has 0 aliphatic rings. The summed E-state index contributed by atoms with van der Waals surface area (Å²) in [6.45, 7) is 0.642. The van der Waals surface area contributed by atoms with Crippen LogP contribution in [-0.4, -0.2) is 42.6 Å². The van der Waals surface area contributed by atoms with Crippen LogP contribution >= 0.6 is 0 Å². The maximum absolute atomic E-state index is 10.9. The molecule has 0 saturated heterocycles. The zero-order chi connectivity index (χ0) is 12.7. The van der Waals surface area contributed by atoms with Crippen molar-refractivity contribution < 1.29 is 24.5 Å². The fourth-order valence-electron chi connectivity index (χ4n) is 1.21. The van der Waals surface area contributed by atoms with Crippen LogP contribution in [0.5, 0.6) is 5.75 Å². The molecule has 0 unspecified atom stereocenters. The van der Waals surface area contributed by atoms with Crippen molar-refractivity contribution in [2.75, 3.05) is 32.2 Å². The largest absolute Gasteiger partial charge is 0.490 e. The van der Waals surface area contributed by atoms with Gasteiger partial charge in [-0.05, 0) is 12.1 Å². The minimum atomic E-state index is -1.07. The number of hydrogen-bond acceptors (Lipinski definition) is 5. The number of nitrogens with two attached hydrogens (primary N) is 1. The molecule has 1 aromatic rings. The van der Waals surface area contributed by atoms with Gasteiger partial charge in [-0.25, -0.2) is 4.79 Å². The molecule has 0 aromatic heterocycles. The van der Waals surface area contributed by atoms with E-state index in [4.69, 9.17) is 25.4 Å². The van der Waals surface area contributed by atoms with E-state index >= 15 is 0 Å². The van der Waals surface area contributed by atoms with Gasteiger partial charge >= 0.3 is 5.97 Å². The second-order valence-corrected chi connectivity index (χ2v) is 3.25. The van der Waals surface area contributed by atoms with Crippen molar-refractivity contribution in [1.82, 2.24) is 0 Å². The number of anilines is 1. The first kappa shape index (κ1) is 13.3. The van der Waals surface area contributed by atoms with E-state index in [9.17, 15) is 4.79 Å². The van der Waals surface area contributed by atoms with Crippen LogP contribution < -0.4 is 10.5 Å². The molecule has 1 rings (SSSR count). The summed E-state index contributed by atoms with van der Waals surface area (Å²) in [5, 5.41) is 17.4. The highest BCUT2D eigenvalue weighted by molar-refractivity contribution is 5.91. The normalized spacial score (nSPS) is 10.2. The maximum Gasteiger partial charge on any atom is 0.339 e. The number of hydrogen-bond donors (Lipinski definition) is 3. The van der Waals surface area contributed by atoms with E-state index in [-0.39, 0.29) is 37.7 Å². The quantitative estimate of drug-likeness (QED) is 0.470. The second-order valence-electron chi connectivity index (χ2n) is 3.25. The Kier molecular flexibility index (Phi) is 5.25. The van der Waals surface area contributed by atoms with Gasteiger partial charge in [-0.15, -0.1) is 0 Å². The second kappa shape index (κ2) is 6.72. The molecule has 94 valence electrons. The highest BCUT2D eigenvalue weighted by Gasteiger charge is 2.11. The Morgan fingerprint density at radius 3 is 2.71 bits per heavy atom. The van der Waals surface area contributed by atoms with Gasteiger partial charge in [-0.3, -0.25) is 0 Å². The van der Waals surface area contributed by atoms with Crippen LogP contribution in [0.25, 0.3) is 0 Å². The number of rotatable bonds is 7. The Balaban J connectivity index is 2.56. The molecule has 0 fully saturated rings. The van der Waals surface area contributed by atoms with E-state index in [0.717, 1.165) is 0 Å². The summed E-state index contributed by atoms with van der Waals surface area (Å²) >= 11 is 0. The van der Waals surface area contributed by atoms with E-state index in [2.05, 4.69) is 0 Å². The molecule has 0 aliphatic heterocycles. The van der Waals surface area contributed by atoms with E-state index in [0.29, 0.717) is 5.69 Å². The van der Waals surface area contributed by atoms with Crippen LogP contribution in [0.2, 0.25) is 0 Å². The van der Waals surface area contributed by atoms with Crippen LogP contribution in [-0.2, 0) is 4.74 Å². The van der Waals surface area contributed by atoms with Crippen LogP contribution in [0.3, 0.4) is 0 Å². The summed E-state index contributed by atoms with van der Waals surface area (Å²) < 4.78 is 10.2. The molecule has 6 nitrogen and oxygen atoms in total. The van der Waals surface area contributed by atoms with Gasteiger partial charge in [0, 0.05) is 11.8 Å². The van der Waals surface area contributed by atoms with Gasteiger partial charge in [-0.1, -0.05) is 0 Å². The Morgan fingerprint density at radius 1 is 1.29 bits per heavy atom. The number of aliphatic hydroxyl groups is 1. The lowest BCUT2D eigenvalue weighted by molar-refractivity contribution is 0.0657. The molecule has 0 spiro atoms. The Morgan fingerprint density at radius 2 is 2.06 bits per heavy atom. The first-order valence-corrected chi connectivity index (χ1v) is 5.09. The van der Waals surface area contributed by atoms with Crippen LogP contribution in [0.1, 0.15) is 10.4 Å². The molecule has 0 saturated carbocycles. The smallest absolute Gasteiger partial charge is 0.339 e. The van der Waals surface area contributed by atoms with Crippen molar-refractivity contribution in [1.29, 1.82) is 0 Å². The van der Waals surface area contributed by atoms with Gasteiger partial charge in [0.15, 0.2) is 0 Å². The van der Waals surface area contributed by atoms with Crippen molar-refractivity contribution in [3.8, 4) is 5.75 Å². The molecule has 0 heterocycles. The zero-order valence-electron chi connectivity index (χ0n) is 9.26. The molecular formula is C11H15NO5. The number of benzene rings is 1. The fraction of sp³-hybridized carbons (Fsp3) is 0.364. The average molecular weight is 241 g/mol. The first-order chi connectivity index (χ1) is 8.15. The third-order valence-corrected chi connectivity index (χ3v) is 1.96. The molecule has 6 heteroatoms. The zero-order valence-corrected chi connectivity index (χ0v) is 9.26. The van der Waals surface area contributed by atoms with E-state index in [1.165, 1.54) is 18.2 Å². The lowest BCUT2D eigenvalue weighted by atomic mass is 10.2. The summed E-state index contributed by atoms with van der Waals surface area (Å²) in [4.78, 5) is 10.9. The first-order valence-electron chi connectivity index (χ1n) is 5.09. The maximum atomic E-state index is 10.9.